The lowest BCUT2D eigenvalue weighted by Gasteiger charge is -2.03. The monoisotopic (exact) mass is 511 g/mol. The van der Waals surface area contributed by atoms with Crippen LogP contribution in [0.3, 0.4) is 0 Å². The quantitative estimate of drug-likeness (QED) is 0.361. The molecule has 0 spiro atoms. The van der Waals surface area contributed by atoms with Crippen LogP contribution in [0.15, 0.2) is 95.6 Å². The molecule has 0 heterocycles. The van der Waals surface area contributed by atoms with Crippen LogP contribution >= 0.6 is 0 Å². The number of carbonyl (C=O) groups is 5. The second kappa shape index (κ2) is 18.8. The van der Waals surface area contributed by atoms with E-state index in [1.807, 2.05) is 0 Å². The summed E-state index contributed by atoms with van der Waals surface area (Å²) in [5.41, 5.74) is 1.65. The lowest BCUT2D eigenvalue weighted by molar-refractivity contribution is -0.115. The Kier molecular flexibility index (Phi) is 18.9. The van der Waals surface area contributed by atoms with Crippen LogP contribution in [0.1, 0.15) is 49.0 Å². The van der Waals surface area contributed by atoms with E-state index in [9.17, 15) is 24.0 Å². The highest BCUT2D eigenvalue weighted by Gasteiger charge is 2.12. The smallest absolute Gasteiger partial charge is 0.222 e. The molecule has 4 aliphatic rings. The molecular weight excluding hydrogens is 474 g/mol. The summed E-state index contributed by atoms with van der Waals surface area (Å²) >= 11 is 0. The number of ketones is 5. The molecule has 0 radical (unpaired) electrons. The number of rotatable bonds is 0. The molecule has 4 aliphatic carbocycles. The van der Waals surface area contributed by atoms with Crippen LogP contribution in [-0.4, -0.2) is 44.8 Å². The Bertz CT molecular complexity index is 931. The first kappa shape index (κ1) is 37.1. The summed E-state index contributed by atoms with van der Waals surface area (Å²) in [6.45, 7) is 3.40. The summed E-state index contributed by atoms with van der Waals surface area (Å²) in [4.78, 5) is 52.4. The molecule has 3 N–H and O–H groups in total. The Hall–Kier alpha value is -4.46. The van der Waals surface area contributed by atoms with Gasteiger partial charge >= 0.3 is 0 Å². The van der Waals surface area contributed by atoms with Crippen molar-refractivity contribution in [1.82, 2.24) is 0 Å². The fourth-order valence-electron chi connectivity index (χ4n) is 2.36. The maximum absolute atomic E-state index is 10.7. The van der Waals surface area contributed by atoms with Gasteiger partial charge in [-0.3, -0.25) is 24.0 Å². The van der Waals surface area contributed by atoms with E-state index in [2.05, 4.69) is 0 Å². The van der Waals surface area contributed by atoms with Crippen molar-refractivity contribution < 1.29 is 34.2 Å². The van der Waals surface area contributed by atoms with Crippen LogP contribution < -0.4 is 0 Å². The van der Waals surface area contributed by atoms with Gasteiger partial charge in [0.15, 0.2) is 28.9 Å². The second-order valence-electron chi connectivity index (χ2n) is 7.08. The first-order chi connectivity index (χ1) is 16.0. The number of nitrogens with one attached hydrogen (secondary N) is 1. The summed E-state index contributed by atoms with van der Waals surface area (Å²) in [7, 11) is 0. The minimum Gasteiger partial charge on any atom is -0.504 e. The molecule has 0 saturated carbocycles. The second-order valence-corrected chi connectivity index (χ2v) is 7.08. The van der Waals surface area contributed by atoms with Crippen LogP contribution in [0.4, 0.5) is 0 Å². The number of allylic oxidation sites excluding steroid dienone is 14. The highest BCUT2D eigenvalue weighted by molar-refractivity contribution is 6.15. The predicted molar refractivity (Wildman–Crippen MR) is 148 cm³/mol. The molecule has 0 atom stereocenters. The molecule has 4 rings (SSSR count). The topological polar surface area (TPSA) is 150 Å². The van der Waals surface area contributed by atoms with Crippen molar-refractivity contribution in [1.29, 1.82) is 5.41 Å². The van der Waals surface area contributed by atoms with E-state index in [-0.39, 0.29) is 62.7 Å². The van der Waals surface area contributed by atoms with Gasteiger partial charge in [-0.2, -0.15) is 0 Å². The molecule has 0 aromatic heterocycles. The fourth-order valence-corrected chi connectivity index (χ4v) is 2.36. The van der Waals surface area contributed by atoms with Gasteiger partial charge in [0, 0.05) is 0 Å². The van der Waals surface area contributed by atoms with E-state index in [0.717, 1.165) is 0 Å². The van der Waals surface area contributed by atoms with Gasteiger partial charge in [0.25, 0.3) is 0 Å². The number of hydrogen-bond acceptors (Lipinski definition) is 8. The minimum atomic E-state index is -0.249. The molecule has 0 amide bonds. The molecule has 0 fully saturated rings. The first-order valence-electron chi connectivity index (χ1n) is 10.1. The number of Topliss-reactive ketones (excluding diaryl/α,β-unsaturated/α-hetero) is 2. The summed E-state index contributed by atoms with van der Waals surface area (Å²) in [5, 5.41) is 24.6. The molecule has 8 nitrogen and oxygen atoms in total. The van der Waals surface area contributed by atoms with Crippen molar-refractivity contribution in [2.24, 2.45) is 0 Å². The van der Waals surface area contributed by atoms with Crippen molar-refractivity contribution in [3.63, 3.8) is 0 Å². The highest BCUT2D eigenvalue weighted by Crippen LogP contribution is 2.11. The molecule has 37 heavy (non-hydrogen) atoms. The van der Waals surface area contributed by atoms with Crippen molar-refractivity contribution in [2.45, 2.75) is 49.0 Å². The molecule has 0 bridgehead atoms. The van der Waals surface area contributed by atoms with Gasteiger partial charge in [-0.15, -0.1) is 0 Å². The van der Waals surface area contributed by atoms with E-state index < -0.39 is 0 Å². The molecule has 200 valence electrons. The molecule has 0 aromatic carbocycles. The Morgan fingerprint density at radius 1 is 0.541 bits per heavy atom. The summed E-state index contributed by atoms with van der Waals surface area (Å²) in [6, 6.07) is 0. The van der Waals surface area contributed by atoms with Crippen molar-refractivity contribution in [2.75, 3.05) is 0 Å². The summed E-state index contributed by atoms with van der Waals surface area (Å²) in [6.07, 6.45) is 18.7. The van der Waals surface area contributed by atoms with Crippen LogP contribution in [0, 0.1) is 5.41 Å². The lowest BCUT2D eigenvalue weighted by Crippen LogP contribution is -2.06. The van der Waals surface area contributed by atoms with Crippen molar-refractivity contribution in [3.05, 3.63) is 95.6 Å². The van der Waals surface area contributed by atoms with Gasteiger partial charge in [0.2, 0.25) is 11.6 Å². The van der Waals surface area contributed by atoms with Crippen LogP contribution in [0.25, 0.3) is 0 Å². The zero-order valence-corrected chi connectivity index (χ0v) is 18.8. The van der Waals surface area contributed by atoms with Gasteiger partial charge in [-0.05, 0) is 98.6 Å². The van der Waals surface area contributed by atoms with Crippen molar-refractivity contribution >= 4 is 34.6 Å². The van der Waals surface area contributed by atoms with E-state index in [0.29, 0.717) is 29.7 Å². The highest BCUT2D eigenvalue weighted by atomic mass is 16.3. The van der Waals surface area contributed by atoms with E-state index in [1.54, 1.807) is 26.0 Å². The van der Waals surface area contributed by atoms with Crippen LogP contribution in [-0.2, 0) is 24.0 Å². The molecule has 0 saturated heterocycles. The number of aliphatic hydroxyl groups excluding tert-OH is 2. The average Bonchev–Trinajstić information content (AvgIpc) is 2.81. The molecule has 8 heteroatoms. The van der Waals surface area contributed by atoms with Gasteiger partial charge in [-0.25, -0.2) is 0 Å². The summed E-state index contributed by atoms with van der Waals surface area (Å²) < 4.78 is 0. The third-order valence-corrected chi connectivity index (χ3v) is 4.33. The number of aliphatic hydroxyl groups is 2. The number of carbonyl (C=O) groups excluding carboxylic acids is 5. The Labute approximate surface area is 219 Å². The van der Waals surface area contributed by atoms with E-state index >= 15 is 0 Å². The van der Waals surface area contributed by atoms with Gasteiger partial charge in [0.05, 0.1) is 5.71 Å². The maximum atomic E-state index is 10.7. The number of hydrogen-bond donors (Lipinski definition) is 3. The normalized spacial score (nSPS) is 16.8. The van der Waals surface area contributed by atoms with Crippen LogP contribution in [0.2, 0.25) is 0 Å². The predicted octanol–water partition coefficient (Wildman–Crippen LogP) is 5.55. The standard InChI is InChI=1S/2C7H8O2.C6H5NO.C6H4O2.3CH4/c2*1-5-3-2-4-6(8)7(5)9;7-5-1-3-6(8)4-2-5;7-5-1-2-6(8)4-3-5;;;/h2*3-4,8H,2H2,1H3;1-4,7H;1-4H;3*1H4. The fraction of sp³-hybridized carbons (Fsp3) is 0.241. The zero-order valence-electron chi connectivity index (χ0n) is 18.8. The minimum absolute atomic E-state index is 0. The molecular formula is C29H37NO7. The van der Waals surface area contributed by atoms with Crippen molar-refractivity contribution in [3.8, 4) is 0 Å². The lowest BCUT2D eigenvalue weighted by atomic mass is 10.1. The molecule has 0 aromatic rings. The molecule has 0 aliphatic heterocycles. The first-order valence-corrected chi connectivity index (χ1v) is 10.1. The summed E-state index contributed by atoms with van der Waals surface area (Å²) in [5.74, 6) is -1.01. The molecule has 0 unspecified atom stereocenters. The van der Waals surface area contributed by atoms with Gasteiger partial charge < -0.3 is 15.6 Å². The van der Waals surface area contributed by atoms with E-state index in [1.165, 1.54) is 60.8 Å². The average molecular weight is 512 g/mol. The zero-order chi connectivity index (χ0) is 25.7. The Morgan fingerprint density at radius 2 is 0.811 bits per heavy atom. The Balaban J connectivity index is -0.000000406. The van der Waals surface area contributed by atoms with E-state index in [4.69, 9.17) is 15.6 Å². The van der Waals surface area contributed by atoms with Crippen LogP contribution in [0.5, 0.6) is 0 Å². The third-order valence-electron chi connectivity index (χ3n) is 4.33. The Morgan fingerprint density at radius 3 is 1.03 bits per heavy atom. The SMILES string of the molecule is C.C.C.CC1=CCC=C(O)C1=O.CC1=CCC=C(O)C1=O.N=C1C=CC(=O)C=C1.O=C1C=CC(=O)C=C1. The van der Waals surface area contributed by atoms with Gasteiger partial charge in [0.1, 0.15) is 0 Å². The third kappa shape index (κ3) is 14.5. The maximum Gasteiger partial charge on any atom is 0.222 e. The van der Waals surface area contributed by atoms with Gasteiger partial charge in [-0.1, -0.05) is 34.4 Å². The largest absolute Gasteiger partial charge is 0.504 e.